The fraction of sp³-hybridized carbons (Fsp3) is 0.136. The molecule has 0 aliphatic carbocycles. The van der Waals surface area contributed by atoms with Crippen LogP contribution >= 0.6 is 0 Å². The molecule has 0 saturated carbocycles. The van der Waals surface area contributed by atoms with Crippen molar-refractivity contribution in [3.63, 3.8) is 0 Å². The molecule has 0 bridgehead atoms. The van der Waals surface area contributed by atoms with E-state index in [-0.39, 0.29) is 0 Å². The molecule has 0 saturated heterocycles. The highest BCUT2D eigenvalue weighted by Crippen LogP contribution is 2.30. The summed E-state index contributed by atoms with van der Waals surface area (Å²) in [4.78, 5) is 4.59. The predicted octanol–water partition coefficient (Wildman–Crippen LogP) is 6.18. The van der Waals surface area contributed by atoms with Gasteiger partial charge in [0, 0.05) is 11.8 Å². The van der Waals surface area contributed by atoms with Gasteiger partial charge in [-0.2, -0.15) is 0 Å². The van der Waals surface area contributed by atoms with Crippen molar-refractivity contribution in [3.05, 3.63) is 84.6 Å². The lowest BCUT2D eigenvalue weighted by atomic mass is 9.95. The Morgan fingerprint density at radius 2 is 1.70 bits per heavy atom. The molecule has 0 radical (unpaired) electrons. The zero-order valence-corrected chi connectivity index (χ0v) is 13.7. The summed E-state index contributed by atoms with van der Waals surface area (Å²) < 4.78 is 0. The Morgan fingerprint density at radius 1 is 0.913 bits per heavy atom. The summed E-state index contributed by atoms with van der Waals surface area (Å²) in [7, 11) is 0. The number of benzene rings is 2. The van der Waals surface area contributed by atoms with E-state index in [0.717, 1.165) is 16.8 Å². The van der Waals surface area contributed by atoms with Gasteiger partial charge in [0.25, 0.3) is 0 Å². The minimum absolute atomic E-state index is 0.487. The standard InChI is InChI=1S/C22H21N/c1-4-17-10-11-20(18-8-6-5-7-9-18)14-21(17)22-15-19(16(2)3)12-13-23-22/h4-16H,1H2,2-3H3. The first-order valence-corrected chi connectivity index (χ1v) is 7.97. The molecule has 0 N–H and O–H groups in total. The predicted molar refractivity (Wildman–Crippen MR) is 99.3 cm³/mol. The Labute approximate surface area is 138 Å². The zero-order chi connectivity index (χ0) is 16.2. The number of nitrogens with zero attached hydrogens (tertiary/aromatic N) is 1. The van der Waals surface area contributed by atoms with Crippen molar-refractivity contribution in [3.8, 4) is 22.4 Å². The molecule has 1 heterocycles. The minimum Gasteiger partial charge on any atom is -0.256 e. The average Bonchev–Trinajstić information content (AvgIpc) is 2.62. The number of rotatable bonds is 4. The van der Waals surface area contributed by atoms with Crippen molar-refractivity contribution < 1.29 is 0 Å². The molecule has 3 aromatic rings. The van der Waals surface area contributed by atoms with Crippen LogP contribution in [0.2, 0.25) is 0 Å². The molecule has 23 heavy (non-hydrogen) atoms. The van der Waals surface area contributed by atoms with E-state index < -0.39 is 0 Å². The van der Waals surface area contributed by atoms with Crippen LogP contribution in [0.15, 0.2) is 73.4 Å². The van der Waals surface area contributed by atoms with Crippen molar-refractivity contribution in [2.24, 2.45) is 0 Å². The maximum absolute atomic E-state index is 4.59. The Hall–Kier alpha value is -2.67. The zero-order valence-electron chi connectivity index (χ0n) is 13.7. The first kappa shape index (κ1) is 15.2. The number of hydrogen-bond donors (Lipinski definition) is 0. The summed E-state index contributed by atoms with van der Waals surface area (Å²) in [6.45, 7) is 8.35. The molecule has 0 aliphatic rings. The summed E-state index contributed by atoms with van der Waals surface area (Å²) in [5.74, 6) is 0.487. The van der Waals surface area contributed by atoms with Gasteiger partial charge in [0.2, 0.25) is 0 Å². The molecule has 0 spiro atoms. The van der Waals surface area contributed by atoms with Gasteiger partial charge >= 0.3 is 0 Å². The van der Waals surface area contributed by atoms with E-state index in [1.807, 2.05) is 18.3 Å². The molecule has 3 rings (SSSR count). The molecular weight excluding hydrogens is 278 g/mol. The monoisotopic (exact) mass is 299 g/mol. The van der Waals surface area contributed by atoms with Crippen molar-refractivity contribution in [2.45, 2.75) is 19.8 Å². The molecule has 0 amide bonds. The minimum atomic E-state index is 0.487. The third kappa shape index (κ3) is 3.24. The number of pyridine rings is 1. The smallest absolute Gasteiger partial charge is 0.0711 e. The Balaban J connectivity index is 2.14. The van der Waals surface area contributed by atoms with Crippen molar-refractivity contribution >= 4 is 6.08 Å². The second kappa shape index (κ2) is 6.62. The van der Waals surface area contributed by atoms with E-state index in [0.29, 0.717) is 5.92 Å². The van der Waals surface area contributed by atoms with Crippen molar-refractivity contribution in [2.75, 3.05) is 0 Å². The molecule has 1 heteroatoms. The maximum Gasteiger partial charge on any atom is 0.0711 e. The summed E-state index contributed by atoms with van der Waals surface area (Å²) in [6.07, 6.45) is 3.79. The van der Waals surface area contributed by atoms with Crippen LogP contribution in [0.3, 0.4) is 0 Å². The molecule has 1 nitrogen and oxygen atoms in total. The van der Waals surface area contributed by atoms with Gasteiger partial charge in [0.05, 0.1) is 5.69 Å². The molecule has 0 fully saturated rings. The summed E-state index contributed by atoms with van der Waals surface area (Å²) in [5, 5.41) is 0. The molecule has 0 unspecified atom stereocenters. The van der Waals surface area contributed by atoms with Crippen LogP contribution in [0, 0.1) is 0 Å². The van der Waals surface area contributed by atoms with Gasteiger partial charge in [0.15, 0.2) is 0 Å². The topological polar surface area (TPSA) is 12.9 Å². The van der Waals surface area contributed by atoms with Crippen LogP contribution in [-0.2, 0) is 0 Å². The van der Waals surface area contributed by atoms with Crippen LogP contribution in [0.5, 0.6) is 0 Å². The largest absolute Gasteiger partial charge is 0.256 e. The Kier molecular flexibility index (Phi) is 4.38. The second-order valence-corrected chi connectivity index (χ2v) is 6.00. The number of hydrogen-bond acceptors (Lipinski definition) is 1. The summed E-state index contributed by atoms with van der Waals surface area (Å²) in [6, 6.07) is 21.2. The highest BCUT2D eigenvalue weighted by Gasteiger charge is 2.09. The van der Waals surface area contributed by atoms with Crippen LogP contribution < -0.4 is 0 Å². The maximum atomic E-state index is 4.59. The normalized spacial score (nSPS) is 10.7. The van der Waals surface area contributed by atoms with Gasteiger partial charge in [-0.3, -0.25) is 4.98 Å². The first-order chi connectivity index (χ1) is 11.2. The van der Waals surface area contributed by atoms with Crippen LogP contribution in [0.4, 0.5) is 0 Å². The average molecular weight is 299 g/mol. The molecular formula is C22H21N. The summed E-state index contributed by atoms with van der Waals surface area (Å²) in [5.41, 5.74) is 6.95. The molecule has 0 atom stereocenters. The van der Waals surface area contributed by atoms with Gasteiger partial charge < -0.3 is 0 Å². The van der Waals surface area contributed by atoms with Gasteiger partial charge in [-0.1, -0.05) is 69.0 Å². The van der Waals surface area contributed by atoms with E-state index in [1.54, 1.807) is 0 Å². The van der Waals surface area contributed by atoms with E-state index in [4.69, 9.17) is 0 Å². The molecule has 114 valence electrons. The number of aromatic nitrogens is 1. The third-order valence-electron chi connectivity index (χ3n) is 4.11. The van der Waals surface area contributed by atoms with Crippen molar-refractivity contribution in [1.82, 2.24) is 4.98 Å². The Bertz CT molecular complexity index is 816. The van der Waals surface area contributed by atoms with Crippen LogP contribution in [0.25, 0.3) is 28.5 Å². The van der Waals surface area contributed by atoms with Crippen LogP contribution in [-0.4, -0.2) is 4.98 Å². The third-order valence-corrected chi connectivity index (χ3v) is 4.11. The molecule has 2 aromatic carbocycles. The van der Waals surface area contributed by atoms with Crippen LogP contribution in [0.1, 0.15) is 30.9 Å². The lowest BCUT2D eigenvalue weighted by Crippen LogP contribution is -1.93. The van der Waals surface area contributed by atoms with E-state index in [1.165, 1.54) is 16.7 Å². The van der Waals surface area contributed by atoms with Gasteiger partial charge in [0.1, 0.15) is 0 Å². The molecule has 1 aromatic heterocycles. The van der Waals surface area contributed by atoms with E-state index in [9.17, 15) is 0 Å². The molecule has 0 aliphatic heterocycles. The highest BCUT2D eigenvalue weighted by molar-refractivity contribution is 5.79. The fourth-order valence-electron chi connectivity index (χ4n) is 2.72. The summed E-state index contributed by atoms with van der Waals surface area (Å²) >= 11 is 0. The lowest BCUT2D eigenvalue weighted by molar-refractivity contribution is 0.864. The van der Waals surface area contributed by atoms with Crippen molar-refractivity contribution in [1.29, 1.82) is 0 Å². The van der Waals surface area contributed by atoms with E-state index in [2.05, 4.69) is 80.0 Å². The quantitative estimate of drug-likeness (QED) is 0.560. The SMILES string of the molecule is C=Cc1ccc(-c2ccccc2)cc1-c1cc(C(C)C)ccn1. The van der Waals surface area contributed by atoms with Gasteiger partial charge in [-0.15, -0.1) is 0 Å². The fourth-order valence-corrected chi connectivity index (χ4v) is 2.72. The Morgan fingerprint density at radius 3 is 2.39 bits per heavy atom. The first-order valence-electron chi connectivity index (χ1n) is 7.97. The highest BCUT2D eigenvalue weighted by atomic mass is 14.7. The second-order valence-electron chi connectivity index (χ2n) is 6.00. The van der Waals surface area contributed by atoms with Gasteiger partial charge in [-0.05, 0) is 46.4 Å². The van der Waals surface area contributed by atoms with Gasteiger partial charge in [-0.25, -0.2) is 0 Å². The lowest BCUT2D eigenvalue weighted by Gasteiger charge is -2.12. The van der Waals surface area contributed by atoms with E-state index >= 15 is 0 Å².